The van der Waals surface area contributed by atoms with Crippen molar-refractivity contribution in [2.45, 2.75) is 38.3 Å². The Morgan fingerprint density at radius 2 is 2.31 bits per heavy atom. The van der Waals surface area contributed by atoms with E-state index in [9.17, 15) is 9.59 Å². The van der Waals surface area contributed by atoms with Crippen LogP contribution in [0.2, 0.25) is 0 Å². The maximum Gasteiger partial charge on any atom is 0.223 e. The molecule has 4 nitrogen and oxygen atoms in total. The van der Waals surface area contributed by atoms with Crippen molar-refractivity contribution >= 4 is 12.2 Å². The number of carbonyl (C=O) groups excluding carboxylic acids is 2. The van der Waals surface area contributed by atoms with Gasteiger partial charge in [0.2, 0.25) is 5.91 Å². The van der Waals surface area contributed by atoms with Gasteiger partial charge in [-0.05, 0) is 26.2 Å². The number of hydrogen-bond donors (Lipinski definition) is 2. The van der Waals surface area contributed by atoms with E-state index < -0.39 is 0 Å². The summed E-state index contributed by atoms with van der Waals surface area (Å²) in [5.74, 6) is -0.0232. The summed E-state index contributed by atoms with van der Waals surface area (Å²) in [4.78, 5) is 21.7. The van der Waals surface area contributed by atoms with Crippen molar-refractivity contribution in [1.29, 1.82) is 0 Å². The largest absolute Gasteiger partial charge is 0.347 e. The second-order valence-corrected chi connectivity index (χ2v) is 3.70. The molecule has 0 radical (unpaired) electrons. The molecule has 1 rings (SSSR count). The van der Waals surface area contributed by atoms with Gasteiger partial charge >= 0.3 is 0 Å². The lowest BCUT2D eigenvalue weighted by atomic mass is 10.1. The van der Waals surface area contributed by atoms with Gasteiger partial charge in [-0.2, -0.15) is 0 Å². The van der Waals surface area contributed by atoms with Crippen molar-refractivity contribution in [3.05, 3.63) is 0 Å². The monoisotopic (exact) mass is 184 g/mol. The van der Waals surface area contributed by atoms with E-state index >= 15 is 0 Å². The maximum atomic E-state index is 11.4. The summed E-state index contributed by atoms with van der Waals surface area (Å²) in [6.45, 7) is 1.67. The molecule has 1 amide bonds. The number of nitrogens with two attached hydrogens (primary N) is 1. The Labute approximate surface area is 77.9 Å². The van der Waals surface area contributed by atoms with Gasteiger partial charge in [-0.25, -0.2) is 0 Å². The van der Waals surface area contributed by atoms with Crippen LogP contribution >= 0.6 is 0 Å². The Hall–Kier alpha value is -0.900. The molecule has 4 heteroatoms. The highest BCUT2D eigenvalue weighted by Gasteiger charge is 2.28. The predicted molar refractivity (Wildman–Crippen MR) is 49.0 cm³/mol. The third kappa shape index (κ3) is 2.81. The summed E-state index contributed by atoms with van der Waals surface area (Å²) >= 11 is 0. The van der Waals surface area contributed by atoms with Crippen LogP contribution in [-0.2, 0) is 9.59 Å². The van der Waals surface area contributed by atoms with Gasteiger partial charge in [0.15, 0.2) is 0 Å². The molecule has 0 aromatic heterocycles. The van der Waals surface area contributed by atoms with Crippen molar-refractivity contribution in [1.82, 2.24) is 5.32 Å². The van der Waals surface area contributed by atoms with Crippen LogP contribution in [0.1, 0.15) is 26.2 Å². The number of rotatable bonds is 3. The summed E-state index contributed by atoms with van der Waals surface area (Å²) in [7, 11) is 0. The molecule has 0 heterocycles. The molecule has 1 aliphatic rings. The van der Waals surface area contributed by atoms with Gasteiger partial charge in [-0.1, -0.05) is 0 Å². The Morgan fingerprint density at radius 3 is 2.77 bits per heavy atom. The van der Waals surface area contributed by atoms with Crippen LogP contribution in [0.5, 0.6) is 0 Å². The van der Waals surface area contributed by atoms with E-state index in [1.54, 1.807) is 6.92 Å². The van der Waals surface area contributed by atoms with E-state index in [1.807, 2.05) is 0 Å². The topological polar surface area (TPSA) is 72.2 Å². The molecule has 0 unspecified atom stereocenters. The SMILES string of the molecule is C[C@H](C=O)NC(=O)[C@@H]1CC[C@H](N)C1. The van der Waals surface area contributed by atoms with Crippen LogP contribution in [0.3, 0.4) is 0 Å². The average Bonchev–Trinajstić information content (AvgIpc) is 2.51. The molecule has 1 saturated carbocycles. The zero-order chi connectivity index (χ0) is 9.84. The summed E-state index contributed by atoms with van der Waals surface area (Å²) in [6.07, 6.45) is 3.23. The van der Waals surface area contributed by atoms with Crippen molar-refractivity contribution in [2.75, 3.05) is 0 Å². The standard InChI is InChI=1S/C9H16N2O2/c1-6(5-12)11-9(13)7-2-3-8(10)4-7/h5-8H,2-4,10H2,1H3,(H,11,13)/t6-,7-,8+/m1/s1. The summed E-state index contributed by atoms with van der Waals surface area (Å²) in [5, 5.41) is 2.63. The molecule has 0 saturated heterocycles. The van der Waals surface area contributed by atoms with Crippen LogP contribution in [-0.4, -0.2) is 24.3 Å². The zero-order valence-corrected chi connectivity index (χ0v) is 7.82. The quantitative estimate of drug-likeness (QED) is 0.597. The fraction of sp³-hybridized carbons (Fsp3) is 0.778. The van der Waals surface area contributed by atoms with Crippen molar-refractivity contribution in [3.63, 3.8) is 0 Å². The molecule has 13 heavy (non-hydrogen) atoms. The number of carbonyl (C=O) groups is 2. The average molecular weight is 184 g/mol. The maximum absolute atomic E-state index is 11.4. The highest BCUT2D eigenvalue weighted by molar-refractivity contribution is 5.81. The third-order valence-electron chi connectivity index (χ3n) is 2.42. The Kier molecular flexibility index (Phi) is 3.42. The van der Waals surface area contributed by atoms with Gasteiger partial charge in [-0.3, -0.25) is 4.79 Å². The van der Waals surface area contributed by atoms with Crippen molar-refractivity contribution < 1.29 is 9.59 Å². The zero-order valence-electron chi connectivity index (χ0n) is 7.82. The molecule has 1 aliphatic carbocycles. The van der Waals surface area contributed by atoms with Gasteiger partial charge < -0.3 is 15.8 Å². The number of hydrogen-bond acceptors (Lipinski definition) is 3. The summed E-state index contributed by atoms with van der Waals surface area (Å²) in [6, 6.07) is -0.230. The van der Waals surface area contributed by atoms with Crippen LogP contribution in [0.4, 0.5) is 0 Å². The van der Waals surface area contributed by atoms with Gasteiger partial charge in [0.25, 0.3) is 0 Å². The third-order valence-corrected chi connectivity index (χ3v) is 2.42. The molecular weight excluding hydrogens is 168 g/mol. The second kappa shape index (κ2) is 4.37. The first-order valence-corrected chi connectivity index (χ1v) is 4.64. The molecular formula is C9H16N2O2. The van der Waals surface area contributed by atoms with Gasteiger partial charge in [-0.15, -0.1) is 0 Å². The van der Waals surface area contributed by atoms with E-state index in [0.717, 1.165) is 25.5 Å². The molecule has 0 aliphatic heterocycles. The normalized spacial score (nSPS) is 29.7. The van der Waals surface area contributed by atoms with E-state index in [0.29, 0.717) is 0 Å². The Balaban J connectivity index is 2.35. The van der Waals surface area contributed by atoms with Crippen molar-refractivity contribution in [3.8, 4) is 0 Å². The number of aldehydes is 1. The minimum absolute atomic E-state index is 0.0115. The van der Waals surface area contributed by atoms with Gasteiger partial charge in [0.05, 0.1) is 6.04 Å². The van der Waals surface area contributed by atoms with E-state index in [4.69, 9.17) is 5.73 Å². The molecule has 3 N–H and O–H groups in total. The van der Waals surface area contributed by atoms with Crippen LogP contribution in [0.15, 0.2) is 0 Å². The lowest BCUT2D eigenvalue weighted by Crippen LogP contribution is -2.37. The number of amides is 1. The molecule has 1 fully saturated rings. The van der Waals surface area contributed by atoms with Crippen LogP contribution < -0.4 is 11.1 Å². The van der Waals surface area contributed by atoms with Crippen molar-refractivity contribution in [2.24, 2.45) is 11.7 Å². The fourth-order valence-electron chi connectivity index (χ4n) is 1.63. The Bertz CT molecular complexity index is 206. The molecule has 0 aromatic carbocycles. The summed E-state index contributed by atoms with van der Waals surface area (Å²) < 4.78 is 0. The van der Waals surface area contributed by atoms with E-state index in [-0.39, 0.29) is 23.9 Å². The lowest BCUT2D eigenvalue weighted by molar-refractivity contribution is -0.127. The van der Waals surface area contributed by atoms with Gasteiger partial charge in [0, 0.05) is 12.0 Å². The summed E-state index contributed by atoms with van der Waals surface area (Å²) in [5.41, 5.74) is 5.68. The van der Waals surface area contributed by atoms with Gasteiger partial charge in [0.1, 0.15) is 6.29 Å². The molecule has 3 atom stereocenters. The highest BCUT2D eigenvalue weighted by atomic mass is 16.2. The predicted octanol–water partition coefficient (Wildman–Crippen LogP) is -0.183. The molecule has 0 spiro atoms. The van der Waals surface area contributed by atoms with E-state index in [2.05, 4.69) is 5.32 Å². The Morgan fingerprint density at radius 1 is 1.62 bits per heavy atom. The molecule has 74 valence electrons. The first kappa shape index (κ1) is 10.2. The molecule has 0 bridgehead atoms. The second-order valence-electron chi connectivity index (χ2n) is 3.70. The lowest BCUT2D eigenvalue weighted by Gasteiger charge is -2.12. The first-order chi connectivity index (χ1) is 6.13. The smallest absolute Gasteiger partial charge is 0.223 e. The highest BCUT2D eigenvalue weighted by Crippen LogP contribution is 2.23. The fourth-order valence-corrected chi connectivity index (χ4v) is 1.63. The van der Waals surface area contributed by atoms with E-state index in [1.165, 1.54) is 0 Å². The molecule has 0 aromatic rings. The number of nitrogens with one attached hydrogen (secondary N) is 1. The van der Waals surface area contributed by atoms with Crippen LogP contribution in [0.25, 0.3) is 0 Å². The first-order valence-electron chi connectivity index (χ1n) is 4.64. The van der Waals surface area contributed by atoms with Crippen LogP contribution in [0, 0.1) is 5.92 Å². The minimum Gasteiger partial charge on any atom is -0.347 e. The minimum atomic E-state index is -0.385.